The molecule has 0 fully saturated rings. The van der Waals surface area contributed by atoms with Gasteiger partial charge in [0.1, 0.15) is 0 Å². The van der Waals surface area contributed by atoms with Gasteiger partial charge in [0.05, 0.1) is 6.61 Å². The van der Waals surface area contributed by atoms with E-state index in [0.717, 1.165) is 25.2 Å². The maximum Gasteiger partial charge on any atom is 0.305 e. The third kappa shape index (κ3) is 24.1. The van der Waals surface area contributed by atoms with Crippen LogP contribution in [0.1, 0.15) is 175 Å². The van der Waals surface area contributed by atoms with Crippen LogP contribution in [0.5, 0.6) is 0 Å². The monoisotopic (exact) mass is 452 g/mol. The summed E-state index contributed by atoms with van der Waals surface area (Å²) in [5, 5.41) is 0. The van der Waals surface area contributed by atoms with Gasteiger partial charge in [-0.1, -0.05) is 156 Å². The molecule has 0 saturated heterocycles. The van der Waals surface area contributed by atoms with Crippen LogP contribution in [0.4, 0.5) is 0 Å². The zero-order valence-electron chi connectivity index (χ0n) is 22.6. The fraction of sp³-hybridized carbons (Fsp3) is 0.967. The second-order valence-corrected chi connectivity index (χ2v) is 10.2. The van der Waals surface area contributed by atoms with Crippen LogP contribution in [0.15, 0.2) is 0 Å². The SMILES string of the molecule is CCCCCCCCCCCCC(CCCCCCCCCC)CCOC(=O)CCCC. The third-order valence-electron chi connectivity index (χ3n) is 6.96. The Labute approximate surface area is 203 Å². The largest absolute Gasteiger partial charge is 0.466 e. The maximum absolute atomic E-state index is 11.8. The highest BCUT2D eigenvalue weighted by Crippen LogP contribution is 2.22. The molecule has 1 atom stereocenters. The normalized spacial score (nSPS) is 12.2. The smallest absolute Gasteiger partial charge is 0.305 e. The molecule has 0 aliphatic carbocycles. The van der Waals surface area contributed by atoms with Crippen LogP contribution < -0.4 is 0 Å². The van der Waals surface area contributed by atoms with Crippen molar-refractivity contribution in [1.29, 1.82) is 0 Å². The van der Waals surface area contributed by atoms with Crippen molar-refractivity contribution in [1.82, 2.24) is 0 Å². The third-order valence-corrected chi connectivity index (χ3v) is 6.96. The van der Waals surface area contributed by atoms with Gasteiger partial charge in [-0.25, -0.2) is 0 Å². The Bertz CT molecular complexity index is 366. The van der Waals surface area contributed by atoms with Gasteiger partial charge in [-0.15, -0.1) is 0 Å². The number of hydrogen-bond donors (Lipinski definition) is 0. The standard InChI is InChI=1S/C30H60O2/c1-4-7-10-12-14-16-17-19-21-23-25-29(27-28-32-30(31)26-9-6-3)24-22-20-18-15-13-11-8-5-2/h29H,4-28H2,1-3H3. The quantitative estimate of drug-likeness (QED) is 0.0963. The Kier molecular flexibility index (Phi) is 26.3. The Hall–Kier alpha value is -0.530. The summed E-state index contributed by atoms with van der Waals surface area (Å²) >= 11 is 0. The summed E-state index contributed by atoms with van der Waals surface area (Å²) in [6.07, 6.45) is 31.6. The number of hydrogen-bond acceptors (Lipinski definition) is 2. The van der Waals surface area contributed by atoms with Gasteiger partial charge in [0.25, 0.3) is 0 Å². The second kappa shape index (κ2) is 26.7. The fourth-order valence-corrected chi connectivity index (χ4v) is 4.65. The zero-order valence-corrected chi connectivity index (χ0v) is 22.6. The van der Waals surface area contributed by atoms with E-state index in [1.165, 1.54) is 128 Å². The number of carbonyl (C=O) groups excluding carboxylic acids is 1. The minimum atomic E-state index is 0.0108. The Morgan fingerprint density at radius 1 is 0.500 bits per heavy atom. The Morgan fingerprint density at radius 3 is 1.28 bits per heavy atom. The molecular weight excluding hydrogens is 392 g/mol. The van der Waals surface area contributed by atoms with Crippen LogP contribution >= 0.6 is 0 Å². The molecule has 192 valence electrons. The maximum atomic E-state index is 11.8. The van der Waals surface area contributed by atoms with Crippen LogP contribution in [0, 0.1) is 5.92 Å². The Balaban J connectivity index is 3.91. The van der Waals surface area contributed by atoms with Crippen LogP contribution in [-0.2, 0) is 9.53 Å². The van der Waals surface area contributed by atoms with Crippen molar-refractivity contribution in [3.63, 3.8) is 0 Å². The van der Waals surface area contributed by atoms with E-state index < -0.39 is 0 Å². The molecule has 1 unspecified atom stereocenters. The van der Waals surface area contributed by atoms with Crippen molar-refractivity contribution in [3.8, 4) is 0 Å². The molecule has 0 bridgehead atoms. The first-order valence-corrected chi connectivity index (χ1v) is 14.9. The molecule has 2 heteroatoms. The summed E-state index contributed by atoms with van der Waals surface area (Å²) in [4.78, 5) is 11.8. The van der Waals surface area contributed by atoms with Crippen molar-refractivity contribution in [2.75, 3.05) is 6.61 Å². The number of unbranched alkanes of at least 4 members (excludes halogenated alkanes) is 17. The molecule has 0 aliphatic rings. The van der Waals surface area contributed by atoms with E-state index in [1.54, 1.807) is 0 Å². The van der Waals surface area contributed by atoms with E-state index in [9.17, 15) is 4.79 Å². The predicted molar refractivity (Wildman–Crippen MR) is 142 cm³/mol. The van der Waals surface area contributed by atoms with Crippen molar-refractivity contribution >= 4 is 5.97 Å². The minimum absolute atomic E-state index is 0.0108. The average Bonchev–Trinajstić information content (AvgIpc) is 2.80. The molecule has 0 aliphatic heterocycles. The molecule has 0 heterocycles. The van der Waals surface area contributed by atoms with E-state index in [4.69, 9.17) is 4.74 Å². The van der Waals surface area contributed by atoms with Gasteiger partial charge < -0.3 is 4.74 Å². The summed E-state index contributed by atoms with van der Waals surface area (Å²) in [6.45, 7) is 7.34. The lowest BCUT2D eigenvalue weighted by atomic mass is 9.91. The molecule has 0 rings (SSSR count). The summed E-state index contributed by atoms with van der Waals surface area (Å²) in [6, 6.07) is 0. The van der Waals surface area contributed by atoms with Gasteiger partial charge in [-0.05, 0) is 18.8 Å². The van der Waals surface area contributed by atoms with Crippen LogP contribution in [0.25, 0.3) is 0 Å². The molecule has 0 aromatic rings. The lowest BCUT2D eigenvalue weighted by Gasteiger charge is -2.17. The highest BCUT2D eigenvalue weighted by Gasteiger charge is 2.11. The highest BCUT2D eigenvalue weighted by atomic mass is 16.5. The molecule has 0 saturated carbocycles. The zero-order chi connectivity index (χ0) is 23.5. The summed E-state index contributed by atoms with van der Waals surface area (Å²) in [5.41, 5.74) is 0. The van der Waals surface area contributed by atoms with Crippen molar-refractivity contribution < 1.29 is 9.53 Å². The molecule has 0 aromatic heterocycles. The summed E-state index contributed by atoms with van der Waals surface area (Å²) in [5.74, 6) is 0.764. The number of esters is 1. The molecule has 2 nitrogen and oxygen atoms in total. The lowest BCUT2D eigenvalue weighted by Crippen LogP contribution is -2.10. The number of carbonyl (C=O) groups is 1. The molecule has 0 radical (unpaired) electrons. The van der Waals surface area contributed by atoms with Crippen LogP contribution in [-0.4, -0.2) is 12.6 Å². The van der Waals surface area contributed by atoms with Crippen molar-refractivity contribution in [3.05, 3.63) is 0 Å². The first-order chi connectivity index (χ1) is 15.7. The highest BCUT2D eigenvalue weighted by molar-refractivity contribution is 5.69. The summed E-state index contributed by atoms with van der Waals surface area (Å²) < 4.78 is 5.52. The molecule has 0 aromatic carbocycles. The van der Waals surface area contributed by atoms with Gasteiger partial charge in [-0.3, -0.25) is 4.79 Å². The van der Waals surface area contributed by atoms with Crippen molar-refractivity contribution in [2.24, 2.45) is 5.92 Å². The van der Waals surface area contributed by atoms with E-state index >= 15 is 0 Å². The van der Waals surface area contributed by atoms with E-state index in [1.807, 2.05) is 0 Å². The Morgan fingerprint density at radius 2 is 0.875 bits per heavy atom. The number of rotatable bonds is 26. The second-order valence-electron chi connectivity index (χ2n) is 10.2. The van der Waals surface area contributed by atoms with Crippen molar-refractivity contribution in [2.45, 2.75) is 175 Å². The van der Waals surface area contributed by atoms with Gasteiger partial charge in [0.2, 0.25) is 0 Å². The van der Waals surface area contributed by atoms with Crippen LogP contribution in [0.3, 0.4) is 0 Å². The van der Waals surface area contributed by atoms with Gasteiger partial charge in [0.15, 0.2) is 0 Å². The fourth-order valence-electron chi connectivity index (χ4n) is 4.65. The molecule has 0 amide bonds. The molecule has 0 N–H and O–H groups in total. The molecule has 0 spiro atoms. The average molecular weight is 453 g/mol. The minimum Gasteiger partial charge on any atom is -0.466 e. The van der Waals surface area contributed by atoms with E-state index in [-0.39, 0.29) is 5.97 Å². The topological polar surface area (TPSA) is 26.3 Å². The molecule has 32 heavy (non-hydrogen) atoms. The first-order valence-electron chi connectivity index (χ1n) is 14.9. The van der Waals surface area contributed by atoms with Gasteiger partial charge in [0, 0.05) is 6.42 Å². The van der Waals surface area contributed by atoms with E-state index in [0.29, 0.717) is 13.0 Å². The first kappa shape index (κ1) is 31.5. The predicted octanol–water partition coefficient (Wildman–Crippen LogP) is 10.6. The lowest BCUT2D eigenvalue weighted by molar-refractivity contribution is -0.144. The summed E-state index contributed by atoms with van der Waals surface area (Å²) in [7, 11) is 0. The van der Waals surface area contributed by atoms with Gasteiger partial charge in [-0.2, -0.15) is 0 Å². The van der Waals surface area contributed by atoms with Gasteiger partial charge >= 0.3 is 5.97 Å². The van der Waals surface area contributed by atoms with E-state index in [2.05, 4.69) is 20.8 Å². The number of ether oxygens (including phenoxy) is 1. The van der Waals surface area contributed by atoms with Crippen LogP contribution in [0.2, 0.25) is 0 Å². The molecular formula is C30H60O2.